The van der Waals surface area contributed by atoms with Crippen LogP contribution < -0.4 is 0 Å². The van der Waals surface area contributed by atoms with Crippen LogP contribution in [0.3, 0.4) is 0 Å². The number of aliphatic hydroxyl groups is 1. The quantitative estimate of drug-likeness (QED) is 0.0169. The van der Waals surface area contributed by atoms with Crippen molar-refractivity contribution in [1.82, 2.24) is 0 Å². The fourth-order valence-corrected chi connectivity index (χ4v) is 12.8. The number of allylic oxidation sites excluding steroid dienone is 8. The molecule has 0 saturated heterocycles. The normalized spacial score (nSPS) is 14.2. The third kappa shape index (κ3) is 71.4. The summed E-state index contributed by atoms with van der Waals surface area (Å²) in [5, 5.41) is 10.6. The monoisotopic (exact) mass is 1430 g/mol. The van der Waals surface area contributed by atoms with Crippen molar-refractivity contribution < 1.29 is 80.2 Å². The number of phosphoric acid groups is 2. The number of rotatable bonds is 76. The van der Waals surface area contributed by atoms with E-state index in [1.165, 1.54) is 199 Å². The largest absolute Gasteiger partial charge is 0.472 e. The average Bonchev–Trinajstić information content (AvgIpc) is 1.02. The Kier molecular flexibility index (Phi) is 70.2. The molecular weight excluding hydrogens is 1280 g/mol. The molecule has 0 aliphatic rings. The lowest BCUT2D eigenvalue weighted by Gasteiger charge is -2.21. The van der Waals surface area contributed by atoms with Crippen LogP contribution in [0.1, 0.15) is 374 Å². The zero-order valence-corrected chi connectivity index (χ0v) is 64.5. The zero-order chi connectivity index (χ0) is 71.8. The van der Waals surface area contributed by atoms with E-state index < -0.39 is 97.5 Å². The van der Waals surface area contributed by atoms with E-state index in [-0.39, 0.29) is 25.7 Å². The molecule has 0 aliphatic carbocycles. The Labute approximate surface area is 597 Å². The van der Waals surface area contributed by atoms with Gasteiger partial charge in [-0.05, 0) is 64.2 Å². The summed E-state index contributed by atoms with van der Waals surface area (Å²) in [6.45, 7) is 4.87. The Morgan fingerprint density at radius 1 is 0.286 bits per heavy atom. The van der Waals surface area contributed by atoms with Crippen molar-refractivity contribution in [3.63, 3.8) is 0 Å². The van der Waals surface area contributed by atoms with Crippen LogP contribution in [0.25, 0.3) is 0 Å². The van der Waals surface area contributed by atoms with Gasteiger partial charge in [-0.2, -0.15) is 0 Å². The molecule has 0 aromatic heterocycles. The molecule has 0 saturated carbocycles. The molecule has 5 atom stereocenters. The molecule has 0 spiro atoms. The van der Waals surface area contributed by atoms with Gasteiger partial charge in [0.05, 0.1) is 26.4 Å². The van der Waals surface area contributed by atoms with Gasteiger partial charge in [0.25, 0.3) is 0 Å². The minimum Gasteiger partial charge on any atom is -0.462 e. The summed E-state index contributed by atoms with van der Waals surface area (Å²) < 4.78 is 68.5. The number of unbranched alkanes of at least 4 members (excludes halogenated alkanes) is 42. The smallest absolute Gasteiger partial charge is 0.462 e. The Balaban J connectivity index is 5.34. The molecule has 0 radical (unpaired) electrons. The number of aliphatic hydroxyl groups excluding tert-OH is 1. The van der Waals surface area contributed by atoms with E-state index in [1.807, 2.05) is 12.2 Å². The highest BCUT2D eigenvalue weighted by Gasteiger charge is 2.30. The molecule has 2 unspecified atom stereocenters. The van der Waals surface area contributed by atoms with Crippen molar-refractivity contribution in [3.8, 4) is 0 Å². The van der Waals surface area contributed by atoms with Crippen LogP contribution >= 0.6 is 15.6 Å². The Morgan fingerprint density at radius 2 is 0.510 bits per heavy atom. The highest BCUT2D eigenvalue weighted by Crippen LogP contribution is 2.45. The van der Waals surface area contributed by atoms with Crippen LogP contribution in [0, 0.1) is 0 Å². The lowest BCUT2D eigenvalue weighted by atomic mass is 10.0. The van der Waals surface area contributed by atoms with Crippen LogP contribution in [-0.2, 0) is 65.4 Å². The second-order valence-electron chi connectivity index (χ2n) is 27.0. The third-order valence-electron chi connectivity index (χ3n) is 17.3. The minimum atomic E-state index is -4.98. The van der Waals surface area contributed by atoms with Gasteiger partial charge < -0.3 is 33.8 Å². The summed E-state index contributed by atoms with van der Waals surface area (Å²) in [5.41, 5.74) is 0. The summed E-state index contributed by atoms with van der Waals surface area (Å²) in [6, 6.07) is 0. The summed E-state index contributed by atoms with van der Waals surface area (Å²) >= 11 is 0. The highest BCUT2D eigenvalue weighted by molar-refractivity contribution is 7.47. The molecule has 0 aliphatic heterocycles. The molecule has 0 aromatic carbocycles. The van der Waals surface area contributed by atoms with Crippen LogP contribution in [0.15, 0.2) is 48.6 Å². The van der Waals surface area contributed by atoms with Gasteiger partial charge in [-0.25, -0.2) is 9.13 Å². The van der Waals surface area contributed by atoms with Crippen LogP contribution in [-0.4, -0.2) is 96.7 Å². The molecule has 0 fully saturated rings. The molecule has 0 heterocycles. The van der Waals surface area contributed by atoms with Gasteiger partial charge >= 0.3 is 39.5 Å². The van der Waals surface area contributed by atoms with E-state index in [0.717, 1.165) is 89.9 Å². The van der Waals surface area contributed by atoms with Crippen molar-refractivity contribution in [2.24, 2.45) is 0 Å². The average molecular weight is 1430 g/mol. The summed E-state index contributed by atoms with van der Waals surface area (Å²) in [5.74, 6) is -2.20. The molecule has 17 nitrogen and oxygen atoms in total. The van der Waals surface area contributed by atoms with Gasteiger partial charge in [0.2, 0.25) is 0 Å². The third-order valence-corrected chi connectivity index (χ3v) is 19.2. The minimum absolute atomic E-state index is 0.0255. The summed E-state index contributed by atoms with van der Waals surface area (Å²) in [6.07, 6.45) is 69.5. The van der Waals surface area contributed by atoms with Crippen molar-refractivity contribution in [3.05, 3.63) is 48.6 Å². The van der Waals surface area contributed by atoms with E-state index in [1.54, 1.807) is 0 Å². The van der Waals surface area contributed by atoms with E-state index in [2.05, 4.69) is 64.2 Å². The standard InChI is InChI=1S/C79H146O17P2/c1-5-9-13-17-21-25-29-33-35-36-38-42-46-50-54-58-62-66-79(84)96-75(69-89-76(81)63-59-55-51-47-43-39-31-27-23-19-15-11-7-3)72-94-98(87,88)92-68-73(80)67-91-97(85,86)93-71-74(95-78(83)65-61-57-53-49-45-40-32-28-24-20-16-12-8-4)70-90-77(82)64-60-56-52-48-44-41-37-34-30-26-22-18-14-10-6-2/h21,25,33,35,38,42,50,54,73-75,80H,5-20,22-24,26-32,34,36-37,39-41,43-49,51-53,55-72H2,1-4H3,(H,85,86)(H,87,88)/b25-21-,35-33-,42-38-,54-50-/t73-,74+,75+/m0/s1. The predicted octanol–water partition coefficient (Wildman–Crippen LogP) is 22.9. The SMILES string of the molecule is CCCCC/C=C\C/C=C\C/C=C\C/C=C\CCCC(=O)O[C@H](COC(=O)CCCCCCCCCCCCCCC)COP(=O)(O)OC[C@@H](O)COP(=O)(O)OC[C@@H](COC(=O)CCCCCCCCCCCCCCCCC)OC(=O)CCCCCCCCCCCCCCC. The Hall–Kier alpha value is -2.98. The summed E-state index contributed by atoms with van der Waals surface area (Å²) in [4.78, 5) is 72.9. The fourth-order valence-electron chi connectivity index (χ4n) is 11.2. The maximum Gasteiger partial charge on any atom is 0.472 e. The summed E-state index contributed by atoms with van der Waals surface area (Å²) in [7, 11) is -9.95. The lowest BCUT2D eigenvalue weighted by molar-refractivity contribution is -0.161. The van der Waals surface area contributed by atoms with E-state index >= 15 is 0 Å². The number of esters is 4. The van der Waals surface area contributed by atoms with Gasteiger partial charge in [-0.3, -0.25) is 37.3 Å². The van der Waals surface area contributed by atoms with E-state index in [9.17, 15) is 43.2 Å². The number of carbonyl (C=O) groups is 4. The first kappa shape index (κ1) is 95.0. The maximum atomic E-state index is 13.1. The Morgan fingerprint density at radius 3 is 0.806 bits per heavy atom. The van der Waals surface area contributed by atoms with E-state index in [4.69, 9.17) is 37.0 Å². The number of hydrogen-bond acceptors (Lipinski definition) is 15. The second kappa shape index (κ2) is 72.4. The number of hydrogen-bond donors (Lipinski definition) is 3. The lowest BCUT2D eigenvalue weighted by Crippen LogP contribution is -2.30. The molecular formula is C79H146O17P2. The number of carbonyl (C=O) groups excluding carboxylic acids is 4. The molecule has 98 heavy (non-hydrogen) atoms. The van der Waals surface area contributed by atoms with Crippen molar-refractivity contribution in [1.29, 1.82) is 0 Å². The van der Waals surface area contributed by atoms with Gasteiger partial charge in [-0.15, -0.1) is 0 Å². The van der Waals surface area contributed by atoms with Crippen LogP contribution in [0.5, 0.6) is 0 Å². The predicted molar refractivity (Wildman–Crippen MR) is 400 cm³/mol. The topological polar surface area (TPSA) is 237 Å². The second-order valence-corrected chi connectivity index (χ2v) is 29.9. The Bertz CT molecular complexity index is 2050. The van der Waals surface area contributed by atoms with Crippen LogP contribution in [0.4, 0.5) is 0 Å². The van der Waals surface area contributed by atoms with Gasteiger partial charge in [-0.1, -0.05) is 333 Å². The van der Waals surface area contributed by atoms with Gasteiger partial charge in [0.15, 0.2) is 12.2 Å². The molecule has 0 bridgehead atoms. The molecule has 0 amide bonds. The molecule has 3 N–H and O–H groups in total. The first-order valence-corrected chi connectivity index (χ1v) is 42.9. The van der Waals surface area contributed by atoms with Crippen LogP contribution in [0.2, 0.25) is 0 Å². The van der Waals surface area contributed by atoms with Crippen molar-refractivity contribution in [2.45, 2.75) is 393 Å². The first-order valence-electron chi connectivity index (χ1n) is 39.9. The molecule has 574 valence electrons. The van der Waals surface area contributed by atoms with E-state index in [0.29, 0.717) is 32.1 Å². The fraction of sp³-hybridized carbons (Fsp3) is 0.848. The van der Waals surface area contributed by atoms with Gasteiger partial charge in [0.1, 0.15) is 19.3 Å². The molecule has 0 rings (SSSR count). The van der Waals surface area contributed by atoms with Crippen molar-refractivity contribution in [2.75, 3.05) is 39.6 Å². The van der Waals surface area contributed by atoms with Crippen molar-refractivity contribution >= 4 is 39.5 Å². The first-order chi connectivity index (χ1) is 47.7. The maximum absolute atomic E-state index is 13.1. The molecule has 0 aromatic rings. The van der Waals surface area contributed by atoms with Gasteiger partial charge in [0, 0.05) is 25.7 Å². The molecule has 19 heteroatoms. The number of ether oxygens (including phenoxy) is 4. The highest BCUT2D eigenvalue weighted by atomic mass is 31.2. The number of phosphoric ester groups is 2. The zero-order valence-electron chi connectivity index (χ0n) is 62.7.